The number of nitrogen functional groups attached to an aromatic ring is 1. The minimum Gasteiger partial charge on any atom is -0.352 e. The van der Waals surface area contributed by atoms with Gasteiger partial charge in [0.1, 0.15) is 5.82 Å². The third-order valence-corrected chi connectivity index (χ3v) is 4.96. The predicted molar refractivity (Wildman–Crippen MR) is 75.4 cm³/mol. The highest BCUT2D eigenvalue weighted by Crippen LogP contribution is 2.67. The number of anilines is 1. The van der Waals surface area contributed by atoms with Crippen molar-refractivity contribution in [2.75, 3.05) is 12.0 Å². The van der Waals surface area contributed by atoms with Gasteiger partial charge in [-0.2, -0.15) is 0 Å². The Balaban J connectivity index is 1.92. The van der Waals surface area contributed by atoms with Gasteiger partial charge in [0.15, 0.2) is 0 Å². The van der Waals surface area contributed by atoms with Crippen LogP contribution in [0.4, 0.5) is 5.82 Å². The Labute approximate surface area is 114 Å². The molecule has 5 heteroatoms. The molecule has 1 heterocycles. The summed E-state index contributed by atoms with van der Waals surface area (Å²) in [5.41, 5.74) is 3.55. The molecule has 0 radical (unpaired) electrons. The van der Waals surface area contributed by atoms with Crippen molar-refractivity contribution in [3.05, 3.63) is 23.9 Å². The molecule has 0 spiro atoms. The number of nitrogens with two attached hydrogens (primary N) is 1. The standard InChI is InChI=1S/C14H22N4O/c1-13(2)10(14(13,3)4)8-17-12(19)9-5-6-11(18-15)16-7-9/h5-7,10H,8,15H2,1-4H3,(H,16,18)(H,17,19). The number of hydrogen-bond acceptors (Lipinski definition) is 4. The summed E-state index contributed by atoms with van der Waals surface area (Å²) in [6, 6.07) is 3.39. The van der Waals surface area contributed by atoms with Crippen LogP contribution in [0.15, 0.2) is 18.3 Å². The van der Waals surface area contributed by atoms with E-state index in [1.54, 1.807) is 12.1 Å². The number of hydrazine groups is 1. The first-order valence-electron chi connectivity index (χ1n) is 6.51. The zero-order chi connectivity index (χ0) is 14.3. The smallest absolute Gasteiger partial charge is 0.252 e. The lowest BCUT2D eigenvalue weighted by Crippen LogP contribution is -2.27. The molecule has 1 saturated carbocycles. The number of pyridine rings is 1. The van der Waals surface area contributed by atoms with Crippen molar-refractivity contribution in [3.63, 3.8) is 0 Å². The number of nitrogens with zero attached hydrogens (tertiary/aromatic N) is 1. The maximum absolute atomic E-state index is 12.0. The fourth-order valence-corrected chi connectivity index (χ4v) is 2.75. The fourth-order valence-electron chi connectivity index (χ4n) is 2.75. The summed E-state index contributed by atoms with van der Waals surface area (Å²) in [5, 5.41) is 2.98. The van der Waals surface area contributed by atoms with Gasteiger partial charge in [-0.3, -0.25) is 4.79 Å². The Hall–Kier alpha value is -1.62. The summed E-state index contributed by atoms with van der Waals surface area (Å²) in [5.74, 6) is 6.20. The Bertz CT molecular complexity index is 465. The molecule has 19 heavy (non-hydrogen) atoms. The van der Waals surface area contributed by atoms with E-state index >= 15 is 0 Å². The van der Waals surface area contributed by atoms with E-state index in [9.17, 15) is 4.79 Å². The fraction of sp³-hybridized carbons (Fsp3) is 0.571. The van der Waals surface area contributed by atoms with E-state index in [0.29, 0.717) is 23.8 Å². The van der Waals surface area contributed by atoms with Crippen molar-refractivity contribution in [3.8, 4) is 0 Å². The van der Waals surface area contributed by atoms with Gasteiger partial charge in [-0.15, -0.1) is 0 Å². The molecule has 0 atom stereocenters. The van der Waals surface area contributed by atoms with E-state index in [0.717, 1.165) is 0 Å². The van der Waals surface area contributed by atoms with Gasteiger partial charge in [-0.25, -0.2) is 10.8 Å². The van der Waals surface area contributed by atoms with Crippen LogP contribution in [0.25, 0.3) is 0 Å². The molecule has 104 valence electrons. The largest absolute Gasteiger partial charge is 0.352 e. The Morgan fingerprint density at radius 3 is 2.37 bits per heavy atom. The second-order valence-electron chi connectivity index (χ2n) is 6.28. The average molecular weight is 262 g/mol. The van der Waals surface area contributed by atoms with Gasteiger partial charge in [-0.05, 0) is 28.9 Å². The molecule has 0 aliphatic heterocycles. The normalized spacial score (nSPS) is 19.8. The zero-order valence-electron chi connectivity index (χ0n) is 11.9. The first kappa shape index (κ1) is 13.8. The molecule has 2 rings (SSSR count). The molecular formula is C14H22N4O. The zero-order valence-corrected chi connectivity index (χ0v) is 11.9. The van der Waals surface area contributed by atoms with Crippen LogP contribution >= 0.6 is 0 Å². The lowest BCUT2D eigenvalue weighted by molar-refractivity contribution is 0.0949. The maximum Gasteiger partial charge on any atom is 0.252 e. The lowest BCUT2D eigenvalue weighted by Gasteiger charge is -2.07. The Morgan fingerprint density at radius 2 is 1.95 bits per heavy atom. The van der Waals surface area contributed by atoms with Gasteiger partial charge in [0.25, 0.3) is 5.91 Å². The number of amides is 1. The van der Waals surface area contributed by atoms with E-state index in [1.165, 1.54) is 6.20 Å². The molecule has 0 bridgehead atoms. The highest BCUT2D eigenvalue weighted by molar-refractivity contribution is 5.94. The van der Waals surface area contributed by atoms with Crippen LogP contribution in [-0.4, -0.2) is 17.4 Å². The minimum absolute atomic E-state index is 0.0884. The average Bonchev–Trinajstić information content (AvgIpc) is 2.77. The quantitative estimate of drug-likeness (QED) is 0.571. The van der Waals surface area contributed by atoms with E-state index in [4.69, 9.17) is 5.84 Å². The monoisotopic (exact) mass is 262 g/mol. The number of aromatic nitrogens is 1. The SMILES string of the molecule is CC1(C)C(CNC(=O)c2ccc(NN)nc2)C1(C)C. The van der Waals surface area contributed by atoms with Crippen molar-refractivity contribution in [2.24, 2.45) is 22.6 Å². The van der Waals surface area contributed by atoms with Crippen LogP contribution in [-0.2, 0) is 0 Å². The second kappa shape index (κ2) is 4.49. The first-order valence-corrected chi connectivity index (χ1v) is 6.51. The Kier molecular flexibility index (Phi) is 3.26. The Morgan fingerprint density at radius 1 is 1.32 bits per heavy atom. The van der Waals surface area contributed by atoms with Crippen LogP contribution in [0.1, 0.15) is 38.1 Å². The first-order chi connectivity index (χ1) is 8.80. The molecule has 1 amide bonds. The van der Waals surface area contributed by atoms with Gasteiger partial charge in [0.05, 0.1) is 5.56 Å². The summed E-state index contributed by atoms with van der Waals surface area (Å²) in [6.45, 7) is 9.68. The number of carbonyl (C=O) groups is 1. The van der Waals surface area contributed by atoms with Crippen molar-refractivity contribution in [1.29, 1.82) is 0 Å². The topological polar surface area (TPSA) is 80.0 Å². The molecule has 0 aromatic carbocycles. The van der Waals surface area contributed by atoms with E-state index in [-0.39, 0.29) is 16.7 Å². The summed E-state index contributed by atoms with van der Waals surface area (Å²) >= 11 is 0. The van der Waals surface area contributed by atoms with Crippen molar-refractivity contribution < 1.29 is 4.79 Å². The van der Waals surface area contributed by atoms with E-state index in [1.807, 2.05) is 0 Å². The van der Waals surface area contributed by atoms with Crippen LogP contribution in [0.5, 0.6) is 0 Å². The van der Waals surface area contributed by atoms with Gasteiger partial charge < -0.3 is 10.7 Å². The van der Waals surface area contributed by atoms with Crippen molar-refractivity contribution in [1.82, 2.24) is 10.3 Å². The van der Waals surface area contributed by atoms with Gasteiger partial charge in [0.2, 0.25) is 0 Å². The van der Waals surface area contributed by atoms with Crippen LogP contribution in [0, 0.1) is 16.7 Å². The lowest BCUT2D eigenvalue weighted by atomic mass is 10.0. The molecule has 1 fully saturated rings. The van der Waals surface area contributed by atoms with E-state index < -0.39 is 0 Å². The summed E-state index contributed by atoms with van der Waals surface area (Å²) in [7, 11) is 0. The van der Waals surface area contributed by atoms with Crippen LogP contribution in [0.3, 0.4) is 0 Å². The molecule has 1 aliphatic carbocycles. The molecule has 1 aromatic rings. The summed E-state index contributed by atoms with van der Waals surface area (Å²) < 4.78 is 0. The number of nitrogens with one attached hydrogen (secondary N) is 2. The summed E-state index contributed by atoms with van der Waals surface area (Å²) in [4.78, 5) is 16.0. The molecule has 1 aliphatic rings. The minimum atomic E-state index is -0.0884. The molecule has 1 aromatic heterocycles. The highest BCUT2D eigenvalue weighted by atomic mass is 16.1. The molecule has 5 nitrogen and oxygen atoms in total. The van der Waals surface area contributed by atoms with Gasteiger partial charge in [-0.1, -0.05) is 27.7 Å². The van der Waals surface area contributed by atoms with Crippen molar-refractivity contribution in [2.45, 2.75) is 27.7 Å². The number of rotatable bonds is 4. The predicted octanol–water partition coefficient (Wildman–Crippen LogP) is 1.78. The molecule has 4 N–H and O–H groups in total. The molecular weight excluding hydrogens is 240 g/mol. The third kappa shape index (κ3) is 2.30. The van der Waals surface area contributed by atoms with Gasteiger partial charge >= 0.3 is 0 Å². The van der Waals surface area contributed by atoms with E-state index in [2.05, 4.69) is 43.4 Å². The molecule has 0 unspecified atom stereocenters. The number of hydrogen-bond donors (Lipinski definition) is 3. The highest BCUT2D eigenvalue weighted by Gasteiger charge is 2.64. The van der Waals surface area contributed by atoms with Crippen molar-refractivity contribution >= 4 is 11.7 Å². The third-order valence-electron chi connectivity index (χ3n) is 4.96. The van der Waals surface area contributed by atoms with Crippen LogP contribution < -0.4 is 16.6 Å². The number of carbonyl (C=O) groups excluding carboxylic acids is 1. The second-order valence-corrected chi connectivity index (χ2v) is 6.28. The van der Waals surface area contributed by atoms with Gasteiger partial charge in [0, 0.05) is 12.7 Å². The summed E-state index contributed by atoms with van der Waals surface area (Å²) in [6.07, 6.45) is 1.52. The maximum atomic E-state index is 12.0. The van der Waals surface area contributed by atoms with Crippen LogP contribution in [0.2, 0.25) is 0 Å². The molecule has 0 saturated heterocycles.